The van der Waals surface area contributed by atoms with E-state index in [4.69, 9.17) is 5.73 Å². The normalized spacial score (nSPS) is 19.6. The lowest BCUT2D eigenvalue weighted by Gasteiger charge is -2.34. The molecule has 1 aromatic rings. The smallest absolute Gasteiger partial charge is 0.243 e. The molecule has 0 heterocycles. The maximum absolute atomic E-state index is 13.7. The van der Waals surface area contributed by atoms with Crippen LogP contribution in [-0.2, 0) is 10.0 Å². The predicted molar refractivity (Wildman–Crippen MR) is 77.1 cm³/mol. The first-order chi connectivity index (χ1) is 9.61. The SMILES string of the molecule is CC1(C)CCC(NS(=O)(=O)c2cc(N)cc(F)c2F)CC1. The Bertz CT molecular complexity index is 635. The van der Waals surface area contributed by atoms with E-state index >= 15 is 0 Å². The first-order valence-electron chi connectivity index (χ1n) is 6.88. The summed E-state index contributed by atoms with van der Waals surface area (Å²) in [5.74, 6) is -2.66. The Kier molecular flexibility index (Phi) is 4.26. The largest absolute Gasteiger partial charge is 0.399 e. The number of sulfonamides is 1. The molecule has 2 rings (SSSR count). The number of anilines is 1. The number of hydrogen-bond acceptors (Lipinski definition) is 3. The molecule has 118 valence electrons. The van der Waals surface area contributed by atoms with Gasteiger partial charge in [0.15, 0.2) is 11.6 Å². The van der Waals surface area contributed by atoms with E-state index in [0.717, 1.165) is 25.0 Å². The molecule has 0 unspecified atom stereocenters. The maximum Gasteiger partial charge on any atom is 0.243 e. The summed E-state index contributed by atoms with van der Waals surface area (Å²) in [6.45, 7) is 4.26. The van der Waals surface area contributed by atoms with Crippen LogP contribution in [-0.4, -0.2) is 14.5 Å². The summed E-state index contributed by atoms with van der Waals surface area (Å²) in [6.07, 6.45) is 3.12. The number of nitrogens with two attached hydrogens (primary N) is 1. The minimum atomic E-state index is -4.12. The van der Waals surface area contributed by atoms with Crippen LogP contribution in [0.1, 0.15) is 39.5 Å². The summed E-state index contributed by atoms with van der Waals surface area (Å²) in [5.41, 5.74) is 5.46. The molecule has 1 aromatic carbocycles. The molecule has 0 atom stereocenters. The van der Waals surface area contributed by atoms with Crippen molar-refractivity contribution >= 4 is 15.7 Å². The third-order valence-electron chi connectivity index (χ3n) is 3.97. The van der Waals surface area contributed by atoms with Gasteiger partial charge in [0.05, 0.1) is 0 Å². The van der Waals surface area contributed by atoms with Gasteiger partial charge in [0.1, 0.15) is 4.90 Å². The third kappa shape index (κ3) is 3.71. The first-order valence-corrected chi connectivity index (χ1v) is 8.36. The molecular weight excluding hydrogens is 298 g/mol. The second kappa shape index (κ2) is 5.53. The van der Waals surface area contributed by atoms with E-state index in [1.807, 2.05) is 0 Å². The van der Waals surface area contributed by atoms with Crippen LogP contribution in [0.4, 0.5) is 14.5 Å². The van der Waals surface area contributed by atoms with E-state index in [1.165, 1.54) is 0 Å². The summed E-state index contributed by atoms with van der Waals surface area (Å²) in [5, 5.41) is 0. The molecule has 0 spiro atoms. The van der Waals surface area contributed by atoms with E-state index in [-0.39, 0.29) is 17.1 Å². The molecule has 7 heteroatoms. The van der Waals surface area contributed by atoms with Crippen LogP contribution in [0, 0.1) is 17.0 Å². The van der Waals surface area contributed by atoms with E-state index in [9.17, 15) is 17.2 Å². The van der Waals surface area contributed by atoms with Crippen LogP contribution in [0.15, 0.2) is 17.0 Å². The summed E-state index contributed by atoms with van der Waals surface area (Å²) in [4.78, 5) is -0.732. The Morgan fingerprint density at radius 1 is 1.24 bits per heavy atom. The number of nitrogens with one attached hydrogen (secondary N) is 1. The first kappa shape index (κ1) is 16.2. The maximum atomic E-state index is 13.7. The fraction of sp³-hybridized carbons (Fsp3) is 0.571. The van der Waals surface area contributed by atoms with Gasteiger partial charge in [0, 0.05) is 11.7 Å². The summed E-state index contributed by atoms with van der Waals surface area (Å²) in [7, 11) is -4.12. The van der Waals surface area contributed by atoms with E-state index in [0.29, 0.717) is 12.8 Å². The molecule has 0 radical (unpaired) electrons. The summed E-state index contributed by atoms with van der Waals surface area (Å²) < 4.78 is 53.9. The van der Waals surface area contributed by atoms with Crippen molar-refractivity contribution in [3.63, 3.8) is 0 Å². The quantitative estimate of drug-likeness (QED) is 0.842. The molecule has 3 N–H and O–H groups in total. The van der Waals surface area contributed by atoms with E-state index < -0.39 is 26.6 Å². The minimum absolute atomic E-state index is 0.126. The number of rotatable bonds is 3. The molecule has 1 aliphatic carbocycles. The zero-order valence-electron chi connectivity index (χ0n) is 12.1. The molecule has 0 saturated heterocycles. The predicted octanol–water partition coefficient (Wildman–Crippen LogP) is 2.79. The lowest BCUT2D eigenvalue weighted by atomic mass is 9.76. The van der Waals surface area contributed by atoms with Crippen molar-refractivity contribution in [1.29, 1.82) is 0 Å². The highest BCUT2D eigenvalue weighted by Gasteiger charge is 2.31. The van der Waals surface area contributed by atoms with Crippen LogP contribution in [0.5, 0.6) is 0 Å². The van der Waals surface area contributed by atoms with Crippen molar-refractivity contribution in [3.05, 3.63) is 23.8 Å². The standard InChI is InChI=1S/C14H20F2N2O2S/c1-14(2)5-3-10(4-6-14)18-21(19,20)12-8-9(17)7-11(15)13(12)16/h7-8,10,18H,3-6,17H2,1-2H3. The van der Waals surface area contributed by atoms with Crippen molar-refractivity contribution < 1.29 is 17.2 Å². The molecule has 1 saturated carbocycles. The van der Waals surface area contributed by atoms with Crippen molar-refractivity contribution in [2.24, 2.45) is 5.41 Å². The third-order valence-corrected chi connectivity index (χ3v) is 5.49. The monoisotopic (exact) mass is 318 g/mol. The van der Waals surface area contributed by atoms with Crippen LogP contribution < -0.4 is 10.5 Å². The zero-order valence-corrected chi connectivity index (χ0v) is 12.9. The molecule has 0 aromatic heterocycles. The lowest BCUT2D eigenvalue weighted by Crippen LogP contribution is -2.39. The van der Waals surface area contributed by atoms with E-state index in [1.54, 1.807) is 0 Å². The molecule has 0 aliphatic heterocycles. The second-order valence-corrected chi connectivity index (χ2v) is 8.06. The molecule has 1 fully saturated rings. The minimum Gasteiger partial charge on any atom is -0.399 e. The number of nitrogen functional groups attached to an aromatic ring is 1. The van der Waals surface area contributed by atoms with Crippen molar-refractivity contribution in [2.45, 2.75) is 50.5 Å². The Morgan fingerprint density at radius 3 is 2.38 bits per heavy atom. The van der Waals surface area contributed by atoms with Crippen LogP contribution >= 0.6 is 0 Å². The van der Waals surface area contributed by atoms with Gasteiger partial charge in [-0.3, -0.25) is 0 Å². The molecule has 4 nitrogen and oxygen atoms in total. The van der Waals surface area contributed by atoms with Crippen LogP contribution in [0.2, 0.25) is 0 Å². The van der Waals surface area contributed by atoms with Gasteiger partial charge in [-0.05, 0) is 43.2 Å². The van der Waals surface area contributed by atoms with Crippen LogP contribution in [0.25, 0.3) is 0 Å². The molecular formula is C14H20F2N2O2S. The van der Waals surface area contributed by atoms with Crippen molar-refractivity contribution in [3.8, 4) is 0 Å². The number of hydrogen-bond donors (Lipinski definition) is 2. The summed E-state index contributed by atoms with van der Waals surface area (Å²) in [6, 6.07) is 1.44. The Hall–Kier alpha value is -1.21. The highest BCUT2D eigenvalue weighted by Crippen LogP contribution is 2.35. The average molecular weight is 318 g/mol. The summed E-state index contributed by atoms with van der Waals surface area (Å²) >= 11 is 0. The van der Waals surface area contributed by atoms with Gasteiger partial charge in [0.2, 0.25) is 10.0 Å². The lowest BCUT2D eigenvalue weighted by molar-refractivity contribution is 0.218. The number of halogens is 2. The topological polar surface area (TPSA) is 72.2 Å². The van der Waals surface area contributed by atoms with Gasteiger partial charge in [-0.1, -0.05) is 13.8 Å². The Balaban J connectivity index is 2.20. The van der Waals surface area contributed by atoms with Gasteiger partial charge in [0.25, 0.3) is 0 Å². The van der Waals surface area contributed by atoms with Gasteiger partial charge in [-0.15, -0.1) is 0 Å². The average Bonchev–Trinajstić information content (AvgIpc) is 2.36. The number of benzene rings is 1. The second-order valence-electron chi connectivity index (χ2n) is 6.37. The molecule has 21 heavy (non-hydrogen) atoms. The molecule has 1 aliphatic rings. The fourth-order valence-corrected chi connectivity index (χ4v) is 4.01. The Labute approximate surface area is 123 Å². The van der Waals surface area contributed by atoms with Crippen molar-refractivity contribution in [1.82, 2.24) is 4.72 Å². The van der Waals surface area contributed by atoms with E-state index in [2.05, 4.69) is 18.6 Å². The zero-order chi connectivity index (χ0) is 15.8. The molecule has 0 amide bonds. The molecule has 0 bridgehead atoms. The van der Waals surface area contributed by atoms with Gasteiger partial charge in [-0.25, -0.2) is 21.9 Å². The fourth-order valence-electron chi connectivity index (χ4n) is 2.58. The van der Waals surface area contributed by atoms with Gasteiger partial charge >= 0.3 is 0 Å². The Morgan fingerprint density at radius 2 is 1.81 bits per heavy atom. The van der Waals surface area contributed by atoms with Crippen LogP contribution in [0.3, 0.4) is 0 Å². The van der Waals surface area contributed by atoms with Gasteiger partial charge in [-0.2, -0.15) is 0 Å². The highest BCUT2D eigenvalue weighted by molar-refractivity contribution is 7.89. The van der Waals surface area contributed by atoms with Crippen molar-refractivity contribution in [2.75, 3.05) is 5.73 Å². The highest BCUT2D eigenvalue weighted by atomic mass is 32.2. The van der Waals surface area contributed by atoms with Gasteiger partial charge < -0.3 is 5.73 Å².